The number of hydrogen-bond donors (Lipinski definition) is 1. The average Bonchev–Trinajstić information content (AvgIpc) is 2.55. The zero-order chi connectivity index (χ0) is 12.1. The van der Waals surface area contributed by atoms with Gasteiger partial charge in [-0.2, -0.15) is 0 Å². The third-order valence-electron chi connectivity index (χ3n) is 2.77. The van der Waals surface area contributed by atoms with E-state index >= 15 is 0 Å². The summed E-state index contributed by atoms with van der Waals surface area (Å²) in [7, 11) is 0. The van der Waals surface area contributed by atoms with Gasteiger partial charge in [-0.1, -0.05) is 0 Å². The molecular formula is C12H20N4O. The molecule has 0 amide bonds. The largest absolute Gasteiger partial charge is 0.377 e. The van der Waals surface area contributed by atoms with E-state index in [0.717, 1.165) is 44.3 Å². The van der Waals surface area contributed by atoms with Crippen LogP contribution in [0.2, 0.25) is 0 Å². The Morgan fingerprint density at radius 3 is 3.12 bits per heavy atom. The Bertz CT molecular complexity index is 358. The summed E-state index contributed by atoms with van der Waals surface area (Å²) in [6, 6.07) is 0. The predicted octanol–water partition coefficient (Wildman–Crippen LogP) is 1.52. The summed E-state index contributed by atoms with van der Waals surface area (Å²) >= 11 is 0. The number of aromatic nitrogens is 2. The van der Waals surface area contributed by atoms with Crippen LogP contribution in [0.3, 0.4) is 0 Å². The Labute approximate surface area is 102 Å². The van der Waals surface area contributed by atoms with Gasteiger partial charge in [-0.15, -0.1) is 0 Å². The first kappa shape index (κ1) is 12.1. The van der Waals surface area contributed by atoms with E-state index in [2.05, 4.69) is 34.0 Å². The van der Waals surface area contributed by atoms with Crippen molar-refractivity contribution in [3.63, 3.8) is 0 Å². The van der Waals surface area contributed by atoms with E-state index in [-0.39, 0.29) is 6.10 Å². The highest BCUT2D eigenvalue weighted by Crippen LogP contribution is 2.22. The molecule has 1 atom stereocenters. The summed E-state index contributed by atoms with van der Waals surface area (Å²) in [5.41, 5.74) is 0. The van der Waals surface area contributed by atoms with Crippen LogP contribution in [0.5, 0.6) is 0 Å². The third-order valence-corrected chi connectivity index (χ3v) is 2.77. The van der Waals surface area contributed by atoms with Crippen molar-refractivity contribution in [3.05, 3.63) is 12.4 Å². The molecule has 2 heterocycles. The van der Waals surface area contributed by atoms with Crippen LogP contribution in [0.1, 0.15) is 20.3 Å². The molecule has 0 saturated carbocycles. The second-order valence-electron chi connectivity index (χ2n) is 4.24. The summed E-state index contributed by atoms with van der Waals surface area (Å²) in [6.07, 6.45) is 4.74. The van der Waals surface area contributed by atoms with Crippen LogP contribution < -0.4 is 10.2 Å². The van der Waals surface area contributed by atoms with Crippen LogP contribution in [0.25, 0.3) is 0 Å². The minimum Gasteiger partial charge on any atom is -0.377 e. The molecule has 17 heavy (non-hydrogen) atoms. The van der Waals surface area contributed by atoms with Gasteiger partial charge in [0.1, 0.15) is 0 Å². The van der Waals surface area contributed by atoms with Crippen molar-refractivity contribution in [3.8, 4) is 0 Å². The van der Waals surface area contributed by atoms with E-state index in [9.17, 15) is 0 Å². The van der Waals surface area contributed by atoms with E-state index < -0.39 is 0 Å². The fourth-order valence-electron chi connectivity index (χ4n) is 2.04. The van der Waals surface area contributed by atoms with Crippen LogP contribution in [0.4, 0.5) is 11.6 Å². The fourth-order valence-corrected chi connectivity index (χ4v) is 2.04. The number of rotatable bonds is 3. The van der Waals surface area contributed by atoms with Crippen LogP contribution in [0, 0.1) is 0 Å². The zero-order valence-corrected chi connectivity index (χ0v) is 10.5. The lowest BCUT2D eigenvalue weighted by molar-refractivity contribution is 0.0820. The standard InChI is InChI=1S/C12H20N4O/c1-3-13-11-12(15-6-5-14-11)16-7-4-8-17-10(2)9-16/h5-6,10H,3-4,7-9H2,1-2H3,(H,13,14)/t10-/m0/s1. The van der Waals surface area contributed by atoms with Crippen molar-refractivity contribution in [2.75, 3.05) is 36.5 Å². The summed E-state index contributed by atoms with van der Waals surface area (Å²) in [6.45, 7) is 7.69. The molecule has 0 aliphatic carbocycles. The van der Waals surface area contributed by atoms with E-state index in [1.54, 1.807) is 12.4 Å². The lowest BCUT2D eigenvalue weighted by Crippen LogP contribution is -2.31. The van der Waals surface area contributed by atoms with E-state index in [1.165, 1.54) is 0 Å². The topological polar surface area (TPSA) is 50.3 Å². The summed E-state index contributed by atoms with van der Waals surface area (Å²) in [4.78, 5) is 11.0. The van der Waals surface area contributed by atoms with Gasteiger partial charge in [-0.05, 0) is 20.3 Å². The van der Waals surface area contributed by atoms with Gasteiger partial charge in [0.2, 0.25) is 0 Å². The molecule has 5 nitrogen and oxygen atoms in total. The molecule has 0 radical (unpaired) electrons. The highest BCUT2D eigenvalue weighted by Gasteiger charge is 2.19. The Morgan fingerprint density at radius 1 is 1.47 bits per heavy atom. The lowest BCUT2D eigenvalue weighted by atomic mass is 10.3. The number of nitrogens with one attached hydrogen (secondary N) is 1. The molecule has 94 valence electrons. The van der Waals surface area contributed by atoms with Gasteiger partial charge < -0.3 is 15.0 Å². The van der Waals surface area contributed by atoms with Crippen LogP contribution in [0.15, 0.2) is 12.4 Å². The van der Waals surface area contributed by atoms with Gasteiger partial charge in [0.05, 0.1) is 6.10 Å². The van der Waals surface area contributed by atoms with Crippen LogP contribution in [-0.4, -0.2) is 42.3 Å². The van der Waals surface area contributed by atoms with Crippen molar-refractivity contribution in [2.24, 2.45) is 0 Å². The van der Waals surface area contributed by atoms with Crippen molar-refractivity contribution >= 4 is 11.6 Å². The minimum absolute atomic E-state index is 0.244. The zero-order valence-electron chi connectivity index (χ0n) is 10.5. The van der Waals surface area contributed by atoms with E-state index in [0.29, 0.717) is 0 Å². The molecule has 1 aliphatic rings. The highest BCUT2D eigenvalue weighted by atomic mass is 16.5. The van der Waals surface area contributed by atoms with Gasteiger partial charge in [0.25, 0.3) is 0 Å². The second-order valence-corrected chi connectivity index (χ2v) is 4.24. The SMILES string of the molecule is CCNc1nccnc1N1CCCO[C@@H](C)C1. The van der Waals surface area contributed by atoms with Gasteiger partial charge in [-0.25, -0.2) is 9.97 Å². The third kappa shape index (κ3) is 3.06. The average molecular weight is 236 g/mol. The first-order chi connectivity index (χ1) is 8.31. The van der Waals surface area contributed by atoms with E-state index in [4.69, 9.17) is 4.74 Å². The Morgan fingerprint density at radius 2 is 2.29 bits per heavy atom. The normalized spacial score (nSPS) is 21.1. The van der Waals surface area contributed by atoms with E-state index in [1.807, 2.05) is 0 Å². The Balaban J connectivity index is 2.19. The molecule has 5 heteroatoms. The molecular weight excluding hydrogens is 216 g/mol. The Hall–Kier alpha value is -1.36. The maximum Gasteiger partial charge on any atom is 0.171 e. The van der Waals surface area contributed by atoms with Gasteiger partial charge in [-0.3, -0.25) is 0 Å². The predicted molar refractivity (Wildman–Crippen MR) is 68.4 cm³/mol. The summed E-state index contributed by atoms with van der Waals surface area (Å²) in [5.74, 6) is 1.80. The number of anilines is 2. The number of ether oxygens (including phenoxy) is 1. The van der Waals surface area contributed by atoms with Gasteiger partial charge >= 0.3 is 0 Å². The van der Waals surface area contributed by atoms with Crippen LogP contribution in [-0.2, 0) is 4.74 Å². The molecule has 0 bridgehead atoms. The number of nitrogens with zero attached hydrogens (tertiary/aromatic N) is 3. The maximum atomic E-state index is 5.64. The highest BCUT2D eigenvalue weighted by molar-refractivity contribution is 5.60. The van der Waals surface area contributed by atoms with Gasteiger partial charge in [0, 0.05) is 38.6 Å². The van der Waals surface area contributed by atoms with Gasteiger partial charge in [0.15, 0.2) is 11.6 Å². The molecule has 1 aliphatic heterocycles. The van der Waals surface area contributed by atoms with Crippen molar-refractivity contribution in [1.82, 2.24) is 9.97 Å². The first-order valence-corrected chi connectivity index (χ1v) is 6.22. The molecule has 1 fully saturated rings. The fraction of sp³-hybridized carbons (Fsp3) is 0.667. The Kier molecular flexibility index (Phi) is 4.14. The monoisotopic (exact) mass is 236 g/mol. The molecule has 0 unspecified atom stereocenters. The van der Waals surface area contributed by atoms with Crippen molar-refractivity contribution < 1.29 is 4.74 Å². The molecule has 1 saturated heterocycles. The molecule has 1 N–H and O–H groups in total. The van der Waals surface area contributed by atoms with Crippen LogP contribution >= 0.6 is 0 Å². The minimum atomic E-state index is 0.244. The van der Waals surface area contributed by atoms with Crippen molar-refractivity contribution in [1.29, 1.82) is 0 Å². The molecule has 1 aromatic heterocycles. The molecule has 2 rings (SSSR count). The smallest absolute Gasteiger partial charge is 0.171 e. The summed E-state index contributed by atoms with van der Waals surface area (Å²) < 4.78 is 5.64. The maximum absolute atomic E-state index is 5.64. The lowest BCUT2D eigenvalue weighted by Gasteiger charge is -2.24. The molecule has 0 aromatic carbocycles. The van der Waals surface area contributed by atoms with Crippen molar-refractivity contribution in [2.45, 2.75) is 26.4 Å². The summed E-state index contributed by atoms with van der Waals surface area (Å²) in [5, 5.41) is 3.25. The number of hydrogen-bond acceptors (Lipinski definition) is 5. The first-order valence-electron chi connectivity index (χ1n) is 6.22. The second kappa shape index (κ2) is 5.82. The molecule has 0 spiro atoms. The quantitative estimate of drug-likeness (QED) is 0.862. The molecule has 1 aromatic rings.